The fourth-order valence-electron chi connectivity index (χ4n) is 1.40. The lowest BCUT2D eigenvalue weighted by molar-refractivity contribution is 0.790. The van der Waals surface area contributed by atoms with Crippen LogP contribution in [0.25, 0.3) is 0 Å². The molecule has 1 rings (SSSR count). The van der Waals surface area contributed by atoms with Crippen LogP contribution in [0.4, 0.5) is 0 Å². The van der Waals surface area contributed by atoms with Crippen molar-refractivity contribution in [2.75, 3.05) is 0 Å². The second-order valence-corrected chi connectivity index (χ2v) is 4.41. The van der Waals surface area contributed by atoms with E-state index in [0.717, 1.165) is 6.42 Å². The molecule has 1 unspecified atom stereocenters. The number of aryl methyl sites for hydroxylation is 1. The second kappa shape index (κ2) is 5.22. The molecule has 0 saturated heterocycles. The zero-order valence-electron chi connectivity index (χ0n) is 8.89. The van der Waals surface area contributed by atoms with Gasteiger partial charge in [0.15, 0.2) is 0 Å². The highest BCUT2D eigenvalue weighted by Gasteiger charge is 2.07. The molecule has 0 aliphatic carbocycles. The van der Waals surface area contributed by atoms with Crippen molar-refractivity contribution in [3.05, 3.63) is 33.8 Å². The van der Waals surface area contributed by atoms with E-state index in [0.29, 0.717) is 5.92 Å². The molecule has 0 aliphatic heterocycles. The van der Waals surface area contributed by atoms with Gasteiger partial charge in [-0.05, 0) is 37.0 Å². The van der Waals surface area contributed by atoms with Crippen molar-refractivity contribution in [2.45, 2.75) is 33.1 Å². The van der Waals surface area contributed by atoms with Crippen LogP contribution >= 0.6 is 15.9 Å². The number of benzene rings is 1. The standard InChI is InChI=1S/C13H15Br/c1-4-5-6-11(3)12-8-7-10(2)9-13(12)14/h7-9,11H,6H2,1-3H3. The average Bonchev–Trinajstić information content (AvgIpc) is 2.14. The van der Waals surface area contributed by atoms with E-state index in [1.165, 1.54) is 15.6 Å². The van der Waals surface area contributed by atoms with E-state index in [9.17, 15) is 0 Å². The first kappa shape index (κ1) is 11.3. The molecule has 0 bridgehead atoms. The highest BCUT2D eigenvalue weighted by molar-refractivity contribution is 9.10. The molecule has 0 aliphatic rings. The van der Waals surface area contributed by atoms with Gasteiger partial charge in [-0.3, -0.25) is 0 Å². The van der Waals surface area contributed by atoms with E-state index in [2.05, 4.69) is 59.8 Å². The molecule has 14 heavy (non-hydrogen) atoms. The SMILES string of the molecule is CC#CCC(C)c1ccc(C)cc1Br. The molecule has 0 nitrogen and oxygen atoms in total. The van der Waals surface area contributed by atoms with E-state index in [1.807, 2.05) is 6.92 Å². The Morgan fingerprint density at radius 1 is 1.43 bits per heavy atom. The Balaban J connectivity index is 2.88. The summed E-state index contributed by atoms with van der Waals surface area (Å²) in [6.45, 7) is 6.20. The van der Waals surface area contributed by atoms with Gasteiger partial charge in [0, 0.05) is 10.9 Å². The van der Waals surface area contributed by atoms with Crippen molar-refractivity contribution < 1.29 is 0 Å². The number of halogens is 1. The highest BCUT2D eigenvalue weighted by atomic mass is 79.9. The number of hydrogen-bond donors (Lipinski definition) is 0. The molecule has 1 aromatic rings. The van der Waals surface area contributed by atoms with E-state index >= 15 is 0 Å². The Labute approximate surface area is 94.9 Å². The molecular weight excluding hydrogens is 236 g/mol. The lowest BCUT2D eigenvalue weighted by Crippen LogP contribution is -1.93. The Kier molecular flexibility index (Phi) is 4.22. The second-order valence-electron chi connectivity index (χ2n) is 3.56. The highest BCUT2D eigenvalue weighted by Crippen LogP contribution is 2.27. The Hall–Kier alpha value is -0.740. The summed E-state index contributed by atoms with van der Waals surface area (Å²) in [5, 5.41) is 0. The topological polar surface area (TPSA) is 0 Å². The predicted octanol–water partition coefficient (Wildman–Crippen LogP) is 4.27. The van der Waals surface area contributed by atoms with Crippen LogP contribution in [-0.2, 0) is 0 Å². The zero-order chi connectivity index (χ0) is 10.6. The molecule has 74 valence electrons. The van der Waals surface area contributed by atoms with Crippen LogP contribution in [0.3, 0.4) is 0 Å². The summed E-state index contributed by atoms with van der Waals surface area (Å²) in [6.07, 6.45) is 0.929. The summed E-state index contributed by atoms with van der Waals surface area (Å²) in [7, 11) is 0. The first-order chi connectivity index (χ1) is 6.65. The van der Waals surface area contributed by atoms with Crippen molar-refractivity contribution in [1.29, 1.82) is 0 Å². The fourth-order valence-corrected chi connectivity index (χ4v) is 2.28. The summed E-state index contributed by atoms with van der Waals surface area (Å²) in [4.78, 5) is 0. The lowest BCUT2D eigenvalue weighted by Gasteiger charge is -2.11. The van der Waals surface area contributed by atoms with Crippen LogP contribution in [0.5, 0.6) is 0 Å². The fraction of sp³-hybridized carbons (Fsp3) is 0.385. The Bertz CT molecular complexity index is 369. The van der Waals surface area contributed by atoms with Crippen LogP contribution in [0, 0.1) is 18.8 Å². The molecule has 0 heterocycles. The van der Waals surface area contributed by atoms with Gasteiger partial charge in [-0.2, -0.15) is 0 Å². The number of hydrogen-bond acceptors (Lipinski definition) is 0. The minimum atomic E-state index is 0.498. The first-order valence-corrected chi connectivity index (χ1v) is 5.60. The summed E-state index contributed by atoms with van der Waals surface area (Å²) in [6, 6.07) is 6.49. The molecule has 1 heteroatoms. The summed E-state index contributed by atoms with van der Waals surface area (Å²) >= 11 is 3.59. The maximum atomic E-state index is 3.59. The summed E-state index contributed by atoms with van der Waals surface area (Å²) in [5.74, 6) is 6.55. The van der Waals surface area contributed by atoms with E-state index in [4.69, 9.17) is 0 Å². The minimum absolute atomic E-state index is 0.498. The van der Waals surface area contributed by atoms with Gasteiger partial charge in [0.05, 0.1) is 0 Å². The Morgan fingerprint density at radius 2 is 2.14 bits per heavy atom. The quantitative estimate of drug-likeness (QED) is 0.688. The van der Waals surface area contributed by atoms with Crippen molar-refractivity contribution in [3.8, 4) is 11.8 Å². The third-order valence-corrected chi connectivity index (χ3v) is 2.96. The molecule has 0 radical (unpaired) electrons. The Morgan fingerprint density at radius 3 is 2.71 bits per heavy atom. The minimum Gasteiger partial charge on any atom is -0.107 e. The molecule has 0 fully saturated rings. The van der Waals surface area contributed by atoms with Crippen LogP contribution < -0.4 is 0 Å². The zero-order valence-corrected chi connectivity index (χ0v) is 10.5. The third-order valence-electron chi connectivity index (χ3n) is 2.27. The van der Waals surface area contributed by atoms with Crippen molar-refractivity contribution in [1.82, 2.24) is 0 Å². The van der Waals surface area contributed by atoms with Crippen molar-refractivity contribution >= 4 is 15.9 Å². The maximum Gasteiger partial charge on any atom is 0.0212 e. The van der Waals surface area contributed by atoms with Crippen LogP contribution in [0.2, 0.25) is 0 Å². The lowest BCUT2D eigenvalue weighted by atomic mass is 9.97. The van der Waals surface area contributed by atoms with Crippen molar-refractivity contribution in [3.63, 3.8) is 0 Å². The normalized spacial score (nSPS) is 11.7. The molecule has 0 amide bonds. The largest absolute Gasteiger partial charge is 0.107 e. The van der Waals surface area contributed by atoms with Gasteiger partial charge in [0.25, 0.3) is 0 Å². The molecule has 0 N–H and O–H groups in total. The van der Waals surface area contributed by atoms with Gasteiger partial charge in [0.2, 0.25) is 0 Å². The molecule has 0 saturated carbocycles. The molecular formula is C13H15Br. The molecule has 1 atom stereocenters. The van der Waals surface area contributed by atoms with Gasteiger partial charge in [-0.1, -0.05) is 35.0 Å². The van der Waals surface area contributed by atoms with Gasteiger partial charge >= 0.3 is 0 Å². The van der Waals surface area contributed by atoms with Gasteiger partial charge in [0.1, 0.15) is 0 Å². The van der Waals surface area contributed by atoms with Crippen LogP contribution in [0.1, 0.15) is 37.3 Å². The smallest absolute Gasteiger partial charge is 0.0212 e. The van der Waals surface area contributed by atoms with Crippen LogP contribution in [-0.4, -0.2) is 0 Å². The van der Waals surface area contributed by atoms with Gasteiger partial charge < -0.3 is 0 Å². The van der Waals surface area contributed by atoms with E-state index in [-0.39, 0.29) is 0 Å². The van der Waals surface area contributed by atoms with Gasteiger partial charge in [-0.15, -0.1) is 11.8 Å². The summed E-state index contributed by atoms with van der Waals surface area (Å²) < 4.78 is 1.20. The monoisotopic (exact) mass is 250 g/mol. The van der Waals surface area contributed by atoms with E-state index in [1.54, 1.807) is 0 Å². The van der Waals surface area contributed by atoms with Gasteiger partial charge in [-0.25, -0.2) is 0 Å². The average molecular weight is 251 g/mol. The van der Waals surface area contributed by atoms with Crippen molar-refractivity contribution in [2.24, 2.45) is 0 Å². The predicted molar refractivity (Wildman–Crippen MR) is 65.4 cm³/mol. The maximum absolute atomic E-state index is 3.59. The van der Waals surface area contributed by atoms with E-state index < -0.39 is 0 Å². The molecule has 0 spiro atoms. The molecule has 1 aromatic carbocycles. The molecule has 0 aromatic heterocycles. The summed E-state index contributed by atoms with van der Waals surface area (Å²) in [5.41, 5.74) is 2.63. The number of rotatable bonds is 2. The third kappa shape index (κ3) is 2.89. The van der Waals surface area contributed by atoms with Crippen LogP contribution in [0.15, 0.2) is 22.7 Å². The first-order valence-electron chi connectivity index (χ1n) is 4.80.